The molecule has 0 aromatic heterocycles. The lowest BCUT2D eigenvalue weighted by atomic mass is 10.1. The van der Waals surface area contributed by atoms with Crippen LogP contribution in [0.5, 0.6) is 11.5 Å². The Balaban J connectivity index is 1.77. The van der Waals surface area contributed by atoms with E-state index in [1.54, 1.807) is 19.1 Å². The summed E-state index contributed by atoms with van der Waals surface area (Å²) in [6.07, 6.45) is -4.21. The number of rotatable bonds is 6. The van der Waals surface area contributed by atoms with Crippen LogP contribution in [0.15, 0.2) is 54.6 Å². The molecule has 0 radical (unpaired) electrons. The van der Waals surface area contributed by atoms with Gasteiger partial charge in [-0.15, -0.1) is 0 Å². The smallest absolute Gasteiger partial charge is 0.416 e. The summed E-state index contributed by atoms with van der Waals surface area (Å²) in [5, 5.41) is 13.2. The molecule has 0 saturated heterocycles. The quantitative estimate of drug-likeness (QED) is 0.400. The van der Waals surface area contributed by atoms with Gasteiger partial charge in [0.15, 0.2) is 0 Å². The normalized spacial score (nSPS) is 11.3. The number of phenols is 1. The number of halogens is 5. The van der Waals surface area contributed by atoms with E-state index in [-0.39, 0.29) is 40.8 Å². The summed E-state index contributed by atoms with van der Waals surface area (Å²) in [7, 11) is 0. The third-order valence-corrected chi connectivity index (χ3v) is 5.26. The van der Waals surface area contributed by atoms with Gasteiger partial charge in [0.25, 0.3) is 5.91 Å². The van der Waals surface area contributed by atoms with Gasteiger partial charge in [0, 0.05) is 16.5 Å². The predicted molar refractivity (Wildman–Crippen MR) is 118 cm³/mol. The Labute approximate surface area is 192 Å². The highest BCUT2D eigenvalue weighted by atomic mass is 35.5. The number of benzene rings is 3. The minimum atomic E-state index is -4.42. The van der Waals surface area contributed by atoms with Crippen molar-refractivity contribution in [2.24, 2.45) is 0 Å². The Kier molecular flexibility index (Phi) is 7.21. The molecule has 168 valence electrons. The molecule has 0 heterocycles. The number of ether oxygens (including phenoxy) is 1. The number of hydrogen-bond donors (Lipinski definition) is 2. The Morgan fingerprint density at radius 3 is 2.56 bits per heavy atom. The Morgan fingerprint density at radius 2 is 1.84 bits per heavy atom. The van der Waals surface area contributed by atoms with Crippen molar-refractivity contribution in [3.05, 3.63) is 86.9 Å². The van der Waals surface area contributed by atoms with Crippen molar-refractivity contribution in [2.45, 2.75) is 19.5 Å². The molecule has 2 N–H and O–H groups in total. The number of nitrogens with one attached hydrogen (secondary N) is 1. The number of aromatic hydroxyl groups is 1. The lowest BCUT2D eigenvalue weighted by Gasteiger charge is -2.15. The van der Waals surface area contributed by atoms with Crippen molar-refractivity contribution in [1.29, 1.82) is 0 Å². The summed E-state index contributed by atoms with van der Waals surface area (Å²) in [6, 6.07) is 12.2. The van der Waals surface area contributed by atoms with E-state index in [0.29, 0.717) is 16.1 Å². The SMILES string of the molecule is Cc1cc(OCCc2cccc(C(F)(F)F)c2)c(NC(=O)c2cc(Cl)ccc2O)cc1Cl. The minimum Gasteiger partial charge on any atom is -0.507 e. The molecule has 0 spiro atoms. The van der Waals surface area contributed by atoms with Crippen molar-refractivity contribution < 1.29 is 27.8 Å². The van der Waals surface area contributed by atoms with Crippen LogP contribution in [0.25, 0.3) is 0 Å². The first-order chi connectivity index (χ1) is 15.0. The molecular weight excluding hydrogens is 466 g/mol. The van der Waals surface area contributed by atoms with E-state index in [4.69, 9.17) is 27.9 Å². The molecule has 32 heavy (non-hydrogen) atoms. The summed E-state index contributed by atoms with van der Waals surface area (Å²) in [5.41, 5.74) is 0.619. The van der Waals surface area contributed by atoms with Crippen LogP contribution in [-0.4, -0.2) is 17.6 Å². The number of phenolic OH excluding ortho intramolecular Hbond substituents is 1. The molecule has 1 amide bonds. The second kappa shape index (κ2) is 9.71. The molecule has 0 atom stereocenters. The van der Waals surface area contributed by atoms with Crippen molar-refractivity contribution >= 4 is 34.8 Å². The lowest BCUT2D eigenvalue weighted by molar-refractivity contribution is -0.137. The molecule has 3 rings (SSSR count). The third kappa shape index (κ3) is 5.87. The summed E-state index contributed by atoms with van der Waals surface area (Å²) >= 11 is 12.1. The summed E-state index contributed by atoms with van der Waals surface area (Å²) in [4.78, 5) is 12.6. The number of aryl methyl sites for hydroxylation is 1. The van der Waals surface area contributed by atoms with Gasteiger partial charge in [0.2, 0.25) is 0 Å². The molecule has 9 heteroatoms. The van der Waals surface area contributed by atoms with E-state index in [2.05, 4.69) is 5.32 Å². The fraction of sp³-hybridized carbons (Fsp3) is 0.174. The molecule has 0 fully saturated rings. The van der Waals surface area contributed by atoms with Gasteiger partial charge in [-0.1, -0.05) is 41.4 Å². The largest absolute Gasteiger partial charge is 0.507 e. The fourth-order valence-electron chi connectivity index (χ4n) is 2.93. The Morgan fingerprint density at radius 1 is 1.09 bits per heavy atom. The van der Waals surface area contributed by atoms with Crippen molar-refractivity contribution in [2.75, 3.05) is 11.9 Å². The van der Waals surface area contributed by atoms with Crippen LogP contribution in [-0.2, 0) is 12.6 Å². The topological polar surface area (TPSA) is 58.6 Å². The van der Waals surface area contributed by atoms with Gasteiger partial charge >= 0.3 is 6.18 Å². The molecule has 0 unspecified atom stereocenters. The average Bonchev–Trinajstić information content (AvgIpc) is 2.72. The number of anilines is 1. The minimum absolute atomic E-state index is 0.0379. The van der Waals surface area contributed by atoms with E-state index >= 15 is 0 Å². The first kappa shape index (κ1) is 23.8. The van der Waals surface area contributed by atoms with Crippen LogP contribution in [0.2, 0.25) is 10.0 Å². The van der Waals surface area contributed by atoms with Crippen LogP contribution < -0.4 is 10.1 Å². The van der Waals surface area contributed by atoms with Crippen molar-refractivity contribution in [3.8, 4) is 11.5 Å². The highest BCUT2D eigenvalue weighted by Crippen LogP contribution is 2.33. The van der Waals surface area contributed by atoms with Gasteiger partial charge < -0.3 is 15.2 Å². The van der Waals surface area contributed by atoms with Gasteiger partial charge in [-0.3, -0.25) is 4.79 Å². The molecule has 0 bridgehead atoms. The van der Waals surface area contributed by atoms with Crippen LogP contribution in [0.1, 0.15) is 27.0 Å². The first-order valence-corrected chi connectivity index (χ1v) is 10.2. The highest BCUT2D eigenvalue weighted by Gasteiger charge is 2.30. The van der Waals surface area contributed by atoms with Crippen LogP contribution in [0.4, 0.5) is 18.9 Å². The van der Waals surface area contributed by atoms with E-state index in [1.807, 2.05) is 0 Å². The molecule has 0 saturated carbocycles. The molecular formula is C23H18Cl2F3NO3. The molecule has 0 aliphatic rings. The lowest BCUT2D eigenvalue weighted by Crippen LogP contribution is -2.14. The molecule has 3 aromatic rings. The maximum Gasteiger partial charge on any atom is 0.416 e. The van der Waals surface area contributed by atoms with E-state index < -0.39 is 17.6 Å². The highest BCUT2D eigenvalue weighted by molar-refractivity contribution is 6.32. The van der Waals surface area contributed by atoms with Gasteiger partial charge in [0.05, 0.1) is 23.4 Å². The van der Waals surface area contributed by atoms with E-state index in [0.717, 1.165) is 12.1 Å². The monoisotopic (exact) mass is 483 g/mol. The van der Waals surface area contributed by atoms with E-state index in [1.165, 1.54) is 30.3 Å². The van der Waals surface area contributed by atoms with Crippen LogP contribution in [0.3, 0.4) is 0 Å². The zero-order chi connectivity index (χ0) is 23.5. The number of hydrogen-bond acceptors (Lipinski definition) is 3. The molecule has 3 aromatic carbocycles. The van der Waals surface area contributed by atoms with Crippen LogP contribution >= 0.6 is 23.2 Å². The third-order valence-electron chi connectivity index (χ3n) is 4.61. The molecule has 0 aliphatic heterocycles. The average molecular weight is 484 g/mol. The number of carbonyl (C=O) groups excluding carboxylic acids is 1. The maximum atomic E-state index is 12.9. The Hall–Kier alpha value is -2.90. The fourth-order valence-corrected chi connectivity index (χ4v) is 3.27. The number of alkyl halides is 3. The summed E-state index contributed by atoms with van der Waals surface area (Å²) in [5.74, 6) is -0.599. The summed E-state index contributed by atoms with van der Waals surface area (Å²) in [6.45, 7) is 1.81. The van der Waals surface area contributed by atoms with Crippen LogP contribution in [0, 0.1) is 6.92 Å². The maximum absolute atomic E-state index is 12.9. The van der Waals surface area contributed by atoms with Gasteiger partial charge in [-0.25, -0.2) is 0 Å². The van der Waals surface area contributed by atoms with Crippen molar-refractivity contribution in [1.82, 2.24) is 0 Å². The van der Waals surface area contributed by atoms with Gasteiger partial charge in [-0.2, -0.15) is 13.2 Å². The zero-order valence-electron chi connectivity index (χ0n) is 16.8. The number of carbonyl (C=O) groups is 1. The zero-order valence-corrected chi connectivity index (χ0v) is 18.3. The van der Waals surface area contributed by atoms with Gasteiger partial charge in [-0.05, 0) is 54.4 Å². The van der Waals surface area contributed by atoms with Crippen molar-refractivity contribution in [3.63, 3.8) is 0 Å². The van der Waals surface area contributed by atoms with E-state index in [9.17, 15) is 23.1 Å². The predicted octanol–water partition coefficient (Wildman–Crippen LogP) is 6.90. The summed E-state index contributed by atoms with van der Waals surface area (Å²) < 4.78 is 44.4. The number of amides is 1. The second-order valence-corrected chi connectivity index (χ2v) is 7.85. The Bertz CT molecular complexity index is 1150. The molecule has 0 aliphatic carbocycles. The first-order valence-electron chi connectivity index (χ1n) is 9.43. The standard InChI is InChI=1S/C23H18Cl2F3NO3/c1-13-9-21(32-8-7-14-3-2-4-15(10-14)23(26,27)28)19(12-18(13)25)29-22(31)17-11-16(24)5-6-20(17)30/h2-6,9-12,30H,7-8H2,1H3,(H,29,31). The molecule has 4 nitrogen and oxygen atoms in total. The second-order valence-electron chi connectivity index (χ2n) is 7.01. The van der Waals surface area contributed by atoms with Gasteiger partial charge in [0.1, 0.15) is 11.5 Å².